The van der Waals surface area contributed by atoms with Crippen molar-refractivity contribution >= 4 is 0 Å². The molecule has 18 heavy (non-hydrogen) atoms. The van der Waals surface area contributed by atoms with E-state index in [1.807, 2.05) is 0 Å². The Labute approximate surface area is 116 Å². The van der Waals surface area contributed by atoms with Crippen LogP contribution in [0.4, 0.5) is 0 Å². The van der Waals surface area contributed by atoms with E-state index in [9.17, 15) is 0 Å². The van der Waals surface area contributed by atoms with Gasteiger partial charge in [0.1, 0.15) is 0 Å². The Morgan fingerprint density at radius 3 is 1.78 bits per heavy atom. The Morgan fingerprint density at radius 1 is 1.00 bits per heavy atom. The Kier molecular flexibility index (Phi) is 6.17. The molecule has 0 aliphatic rings. The van der Waals surface area contributed by atoms with Crippen LogP contribution in [-0.2, 0) is 0 Å². The van der Waals surface area contributed by atoms with Crippen LogP contribution < -0.4 is 0 Å². The van der Waals surface area contributed by atoms with Gasteiger partial charge < -0.3 is 0 Å². The lowest BCUT2D eigenvalue weighted by molar-refractivity contribution is 0.146. The lowest BCUT2D eigenvalue weighted by Gasteiger charge is -2.41. The Balaban J connectivity index is 4.83. The molecule has 0 radical (unpaired) electrons. The fourth-order valence-corrected chi connectivity index (χ4v) is 2.47. The average molecular weight is 252 g/mol. The molecule has 0 fully saturated rings. The fourth-order valence-electron chi connectivity index (χ4n) is 2.47. The molecule has 0 amide bonds. The van der Waals surface area contributed by atoms with E-state index in [1.54, 1.807) is 0 Å². The van der Waals surface area contributed by atoms with Crippen LogP contribution in [0.3, 0.4) is 0 Å². The lowest BCUT2D eigenvalue weighted by atomic mass is 9.64. The molecule has 0 aromatic heterocycles. The van der Waals surface area contributed by atoms with Crippen LogP contribution >= 0.6 is 0 Å². The minimum absolute atomic E-state index is 0.243. The smallest absolute Gasteiger partial charge is 0.0124 e. The summed E-state index contributed by atoms with van der Waals surface area (Å²) in [7, 11) is 0. The van der Waals surface area contributed by atoms with Gasteiger partial charge in [-0.3, -0.25) is 0 Å². The first-order chi connectivity index (χ1) is 7.96. The van der Waals surface area contributed by atoms with E-state index in [-0.39, 0.29) is 5.41 Å². The third-order valence-corrected chi connectivity index (χ3v) is 5.75. The molecule has 2 unspecified atom stereocenters. The van der Waals surface area contributed by atoms with Gasteiger partial charge in [0.15, 0.2) is 0 Å². The summed E-state index contributed by atoms with van der Waals surface area (Å²) in [5.74, 6) is 2.18. The summed E-state index contributed by atoms with van der Waals surface area (Å²) in [5, 5.41) is 0. The molecule has 108 valence electrons. The normalized spacial score (nSPS) is 16.8. The van der Waals surface area contributed by atoms with Crippen LogP contribution in [0.2, 0.25) is 0 Å². The van der Waals surface area contributed by atoms with Gasteiger partial charge in [0, 0.05) is 0 Å². The summed E-state index contributed by atoms with van der Waals surface area (Å²) in [6, 6.07) is 0. The molecule has 0 aromatic carbocycles. The SMILES string of the molecule is C=C(CC(C)(C)C(C)C(C)CC)C(C)(C)C(C)C. The molecule has 0 saturated carbocycles. The monoisotopic (exact) mass is 252 g/mol. The topological polar surface area (TPSA) is 0 Å². The van der Waals surface area contributed by atoms with Crippen LogP contribution in [0.15, 0.2) is 12.2 Å². The van der Waals surface area contributed by atoms with Crippen LogP contribution in [-0.4, -0.2) is 0 Å². The quantitative estimate of drug-likeness (QED) is 0.465. The standard InChI is InChI=1S/C18H36/c1-11-14(4)16(6)17(7,8)12-15(5)18(9,10)13(2)3/h13-14,16H,5,11-12H2,1-4,6-10H3. The second kappa shape index (κ2) is 6.26. The molecular weight excluding hydrogens is 216 g/mol. The van der Waals surface area contributed by atoms with Crippen LogP contribution in [0.25, 0.3) is 0 Å². The Morgan fingerprint density at radius 2 is 1.44 bits per heavy atom. The van der Waals surface area contributed by atoms with E-state index in [2.05, 4.69) is 68.9 Å². The zero-order valence-electron chi connectivity index (χ0n) is 14.4. The molecule has 0 bridgehead atoms. The van der Waals surface area contributed by atoms with Crippen molar-refractivity contribution in [2.75, 3.05) is 0 Å². The predicted molar refractivity (Wildman–Crippen MR) is 84.8 cm³/mol. The Hall–Kier alpha value is -0.260. The highest BCUT2D eigenvalue weighted by Gasteiger charge is 2.34. The highest BCUT2D eigenvalue weighted by atomic mass is 14.4. The molecule has 0 aromatic rings. The van der Waals surface area contributed by atoms with Gasteiger partial charge in [-0.1, -0.05) is 80.9 Å². The number of hydrogen-bond acceptors (Lipinski definition) is 0. The van der Waals surface area contributed by atoms with Crippen molar-refractivity contribution in [1.29, 1.82) is 0 Å². The number of hydrogen-bond donors (Lipinski definition) is 0. The van der Waals surface area contributed by atoms with Gasteiger partial charge in [0.25, 0.3) is 0 Å². The summed E-state index contributed by atoms with van der Waals surface area (Å²) in [4.78, 5) is 0. The third-order valence-electron chi connectivity index (χ3n) is 5.75. The van der Waals surface area contributed by atoms with Crippen LogP contribution in [0.1, 0.15) is 75.2 Å². The highest BCUT2D eigenvalue weighted by molar-refractivity contribution is 5.11. The van der Waals surface area contributed by atoms with Gasteiger partial charge in [-0.15, -0.1) is 0 Å². The first kappa shape index (κ1) is 17.7. The fraction of sp³-hybridized carbons (Fsp3) is 0.889. The molecule has 0 aliphatic heterocycles. The highest BCUT2D eigenvalue weighted by Crippen LogP contribution is 2.44. The molecule has 0 spiro atoms. The van der Waals surface area contributed by atoms with E-state index in [0.29, 0.717) is 11.3 Å². The summed E-state index contributed by atoms with van der Waals surface area (Å²) >= 11 is 0. The Bertz CT molecular complexity index is 268. The van der Waals surface area contributed by atoms with Crippen molar-refractivity contribution in [3.05, 3.63) is 12.2 Å². The molecular formula is C18H36. The largest absolute Gasteiger partial charge is 0.0993 e. The van der Waals surface area contributed by atoms with Gasteiger partial charge in [-0.05, 0) is 35.0 Å². The maximum absolute atomic E-state index is 4.40. The van der Waals surface area contributed by atoms with Gasteiger partial charge in [-0.2, -0.15) is 0 Å². The van der Waals surface area contributed by atoms with Crippen molar-refractivity contribution in [2.45, 2.75) is 75.2 Å². The predicted octanol–water partition coefficient (Wildman–Crippen LogP) is 6.32. The average Bonchev–Trinajstić information content (AvgIpc) is 2.25. The first-order valence-corrected chi connectivity index (χ1v) is 7.65. The van der Waals surface area contributed by atoms with Crippen molar-refractivity contribution in [3.8, 4) is 0 Å². The maximum Gasteiger partial charge on any atom is -0.0124 e. The van der Waals surface area contributed by atoms with Gasteiger partial charge >= 0.3 is 0 Å². The summed E-state index contributed by atoms with van der Waals surface area (Å²) in [5.41, 5.74) is 2.00. The van der Waals surface area contributed by atoms with Crippen LogP contribution in [0, 0.1) is 28.6 Å². The molecule has 0 nitrogen and oxygen atoms in total. The number of rotatable bonds is 7. The summed E-state index contributed by atoms with van der Waals surface area (Å²) in [6.45, 7) is 25.6. The van der Waals surface area contributed by atoms with Crippen molar-refractivity contribution in [1.82, 2.24) is 0 Å². The zero-order valence-corrected chi connectivity index (χ0v) is 14.4. The van der Waals surface area contributed by atoms with Gasteiger partial charge in [0.05, 0.1) is 0 Å². The molecule has 0 heterocycles. The molecule has 0 N–H and O–H groups in total. The van der Waals surface area contributed by atoms with Crippen molar-refractivity contribution in [2.24, 2.45) is 28.6 Å². The van der Waals surface area contributed by atoms with Gasteiger partial charge in [0.2, 0.25) is 0 Å². The summed E-state index contributed by atoms with van der Waals surface area (Å²) < 4.78 is 0. The lowest BCUT2D eigenvalue weighted by Crippen LogP contribution is -2.31. The second-order valence-corrected chi connectivity index (χ2v) is 7.82. The van der Waals surface area contributed by atoms with E-state index in [4.69, 9.17) is 0 Å². The first-order valence-electron chi connectivity index (χ1n) is 7.65. The minimum Gasteiger partial charge on any atom is -0.0993 e. The van der Waals surface area contributed by atoms with E-state index in [0.717, 1.165) is 18.3 Å². The maximum atomic E-state index is 4.40. The van der Waals surface area contributed by atoms with E-state index < -0.39 is 0 Å². The third kappa shape index (κ3) is 4.14. The van der Waals surface area contributed by atoms with Crippen molar-refractivity contribution < 1.29 is 0 Å². The van der Waals surface area contributed by atoms with E-state index in [1.165, 1.54) is 12.0 Å². The molecule has 0 aliphatic carbocycles. The summed E-state index contributed by atoms with van der Waals surface area (Å²) in [6.07, 6.45) is 2.41. The van der Waals surface area contributed by atoms with E-state index >= 15 is 0 Å². The number of allylic oxidation sites excluding steroid dienone is 1. The van der Waals surface area contributed by atoms with Gasteiger partial charge in [-0.25, -0.2) is 0 Å². The second-order valence-electron chi connectivity index (χ2n) is 7.82. The zero-order chi connectivity index (χ0) is 14.7. The van der Waals surface area contributed by atoms with Crippen molar-refractivity contribution in [3.63, 3.8) is 0 Å². The minimum atomic E-state index is 0.243. The molecule has 0 saturated heterocycles. The molecule has 0 rings (SSSR count). The molecule has 2 atom stereocenters. The molecule has 0 heteroatoms. The van der Waals surface area contributed by atoms with Crippen LogP contribution in [0.5, 0.6) is 0 Å².